The summed E-state index contributed by atoms with van der Waals surface area (Å²) in [6, 6.07) is 1.81. The summed E-state index contributed by atoms with van der Waals surface area (Å²) in [6.45, 7) is 1.25. The number of anilines is 2. The summed E-state index contributed by atoms with van der Waals surface area (Å²) in [5.74, 6) is 0.818. The quantitative estimate of drug-likeness (QED) is 0.850. The number of carbonyl (C=O) groups excluding carboxylic acids is 1. The zero-order chi connectivity index (χ0) is 17.3. The van der Waals surface area contributed by atoms with Gasteiger partial charge in [-0.05, 0) is 0 Å². The number of amides is 1. The number of hydrogen-bond donors (Lipinski definition) is 2. The maximum Gasteiger partial charge on any atom is 0.407 e. The van der Waals surface area contributed by atoms with Gasteiger partial charge in [-0.25, -0.2) is 9.78 Å². The van der Waals surface area contributed by atoms with Crippen molar-refractivity contribution in [3.05, 3.63) is 17.4 Å². The summed E-state index contributed by atoms with van der Waals surface area (Å²) >= 11 is 6.23. The largest absolute Gasteiger partial charge is 0.444 e. The van der Waals surface area contributed by atoms with Crippen LogP contribution < -0.4 is 16.0 Å². The minimum absolute atomic E-state index is 0.151. The van der Waals surface area contributed by atoms with Crippen molar-refractivity contribution in [1.29, 1.82) is 0 Å². The fourth-order valence-corrected chi connectivity index (χ4v) is 2.78. The summed E-state index contributed by atoms with van der Waals surface area (Å²) in [5, 5.41) is 7.03. The number of carbonyl (C=O) groups is 1. The highest BCUT2D eigenvalue weighted by molar-refractivity contribution is 6.32. The second-order valence-electron chi connectivity index (χ2n) is 5.45. The average molecular weight is 352 g/mol. The lowest BCUT2D eigenvalue weighted by molar-refractivity contribution is 0.110. The molecule has 1 fully saturated rings. The lowest BCUT2D eigenvalue weighted by Gasteiger charge is -2.18. The van der Waals surface area contributed by atoms with Gasteiger partial charge in [-0.15, -0.1) is 0 Å². The summed E-state index contributed by atoms with van der Waals surface area (Å²) in [7, 11) is 3.28. The molecule has 3 N–H and O–H groups in total. The number of halogens is 1. The van der Waals surface area contributed by atoms with E-state index in [1.165, 1.54) is 7.05 Å². The molecular formula is C14H18ClN7O2. The fourth-order valence-electron chi connectivity index (χ4n) is 2.59. The van der Waals surface area contributed by atoms with Crippen LogP contribution in [0.2, 0.25) is 5.15 Å². The third-order valence-corrected chi connectivity index (χ3v) is 4.27. The van der Waals surface area contributed by atoms with Gasteiger partial charge >= 0.3 is 6.09 Å². The minimum atomic E-state index is -0.438. The highest BCUT2D eigenvalue weighted by atomic mass is 35.5. The van der Waals surface area contributed by atoms with Gasteiger partial charge in [-0.2, -0.15) is 10.1 Å². The highest BCUT2D eigenvalue weighted by Gasteiger charge is 2.27. The Morgan fingerprint density at radius 2 is 2.29 bits per heavy atom. The standard InChI is InChI=1S/C14H18ClN7O2/c1-17-14(23)24-8-3-4-22(7-8)11-5-10(19-13(16)20-11)9-6-18-21(2)12(9)15/h5-6,8H,3-4,7H2,1-2H3,(H,17,23)(H2,16,19,20)/t8-/m1/s1. The van der Waals surface area contributed by atoms with E-state index in [2.05, 4.69) is 20.4 Å². The smallest absolute Gasteiger partial charge is 0.407 e. The predicted molar refractivity (Wildman–Crippen MR) is 89.8 cm³/mol. The molecule has 0 aromatic carbocycles. The Labute approximate surface area is 143 Å². The number of aromatic nitrogens is 4. The summed E-state index contributed by atoms with van der Waals surface area (Å²) in [4.78, 5) is 21.8. The van der Waals surface area contributed by atoms with Gasteiger partial charge in [0.15, 0.2) is 0 Å². The van der Waals surface area contributed by atoms with Gasteiger partial charge in [-0.3, -0.25) is 4.68 Å². The van der Waals surface area contributed by atoms with Crippen LogP contribution in [0.1, 0.15) is 6.42 Å². The van der Waals surface area contributed by atoms with Crippen molar-refractivity contribution >= 4 is 29.5 Å². The van der Waals surface area contributed by atoms with Crippen molar-refractivity contribution in [3.8, 4) is 11.3 Å². The first-order chi connectivity index (χ1) is 11.5. The lowest BCUT2D eigenvalue weighted by atomic mass is 10.2. The Hall–Kier alpha value is -2.55. The predicted octanol–water partition coefficient (Wildman–Crippen LogP) is 1.05. The second-order valence-corrected chi connectivity index (χ2v) is 5.81. The van der Waals surface area contributed by atoms with Crippen LogP contribution in [-0.4, -0.2) is 52.1 Å². The van der Waals surface area contributed by atoms with Crippen LogP contribution in [-0.2, 0) is 11.8 Å². The molecule has 128 valence electrons. The van der Waals surface area contributed by atoms with Crippen molar-refractivity contribution in [2.75, 3.05) is 30.8 Å². The SMILES string of the molecule is CNC(=O)O[C@@H]1CCN(c2cc(-c3cnn(C)c3Cl)nc(N)n2)C1. The molecule has 1 aliphatic rings. The fraction of sp³-hybridized carbons (Fsp3) is 0.429. The van der Waals surface area contributed by atoms with Gasteiger partial charge in [0, 0.05) is 33.1 Å². The lowest BCUT2D eigenvalue weighted by Crippen LogP contribution is -2.29. The maximum absolute atomic E-state index is 11.3. The van der Waals surface area contributed by atoms with Gasteiger partial charge in [0.05, 0.1) is 24.0 Å². The zero-order valence-electron chi connectivity index (χ0n) is 13.4. The maximum atomic E-state index is 11.3. The summed E-state index contributed by atoms with van der Waals surface area (Å²) < 4.78 is 6.83. The van der Waals surface area contributed by atoms with Crippen molar-refractivity contribution in [2.24, 2.45) is 7.05 Å². The second kappa shape index (κ2) is 6.52. The van der Waals surface area contributed by atoms with E-state index in [0.29, 0.717) is 35.3 Å². The monoisotopic (exact) mass is 351 g/mol. The summed E-state index contributed by atoms with van der Waals surface area (Å²) in [5.41, 5.74) is 7.13. The van der Waals surface area contributed by atoms with Crippen molar-refractivity contribution in [2.45, 2.75) is 12.5 Å². The first-order valence-corrected chi connectivity index (χ1v) is 7.81. The molecule has 1 amide bonds. The van der Waals surface area contributed by atoms with Crippen LogP contribution in [0.5, 0.6) is 0 Å². The van der Waals surface area contributed by atoms with Gasteiger partial charge in [-0.1, -0.05) is 11.6 Å². The first kappa shape index (κ1) is 16.3. The molecule has 24 heavy (non-hydrogen) atoms. The highest BCUT2D eigenvalue weighted by Crippen LogP contribution is 2.29. The van der Waals surface area contributed by atoms with Gasteiger partial charge in [0.1, 0.15) is 17.1 Å². The number of nitrogen functional groups attached to an aromatic ring is 1. The number of ether oxygens (including phenoxy) is 1. The topological polar surface area (TPSA) is 111 Å². The van der Waals surface area contributed by atoms with E-state index in [9.17, 15) is 4.79 Å². The third kappa shape index (κ3) is 3.21. The average Bonchev–Trinajstić information content (AvgIpc) is 3.14. The van der Waals surface area contributed by atoms with Crippen LogP contribution in [0, 0.1) is 0 Å². The van der Waals surface area contributed by atoms with Crippen molar-refractivity contribution in [3.63, 3.8) is 0 Å². The molecule has 0 bridgehead atoms. The van der Waals surface area contributed by atoms with Gasteiger partial charge < -0.3 is 20.7 Å². The molecule has 1 atom stereocenters. The molecule has 3 rings (SSSR count). The molecule has 1 saturated heterocycles. The van der Waals surface area contributed by atoms with Crippen LogP contribution >= 0.6 is 11.6 Å². The first-order valence-electron chi connectivity index (χ1n) is 7.43. The number of nitrogens with two attached hydrogens (primary N) is 1. The molecule has 0 radical (unpaired) electrons. The minimum Gasteiger partial charge on any atom is -0.444 e. The zero-order valence-corrected chi connectivity index (χ0v) is 14.1. The van der Waals surface area contributed by atoms with E-state index in [-0.39, 0.29) is 12.1 Å². The number of hydrogen-bond acceptors (Lipinski definition) is 7. The number of rotatable bonds is 3. The Morgan fingerprint density at radius 1 is 1.50 bits per heavy atom. The molecule has 0 aliphatic carbocycles. The molecule has 0 spiro atoms. The molecule has 9 nitrogen and oxygen atoms in total. The Balaban J connectivity index is 1.82. The molecule has 2 aromatic heterocycles. The van der Waals surface area contributed by atoms with Gasteiger partial charge in [0.25, 0.3) is 0 Å². The third-order valence-electron chi connectivity index (χ3n) is 3.82. The Kier molecular flexibility index (Phi) is 4.43. The van der Waals surface area contributed by atoms with Crippen molar-refractivity contribution < 1.29 is 9.53 Å². The Bertz CT molecular complexity index is 764. The van der Waals surface area contributed by atoms with E-state index in [0.717, 1.165) is 6.42 Å². The molecule has 10 heteroatoms. The van der Waals surface area contributed by atoms with E-state index in [4.69, 9.17) is 22.1 Å². The van der Waals surface area contributed by atoms with Crippen LogP contribution in [0.4, 0.5) is 16.6 Å². The van der Waals surface area contributed by atoms with E-state index >= 15 is 0 Å². The van der Waals surface area contributed by atoms with E-state index < -0.39 is 6.09 Å². The van der Waals surface area contributed by atoms with E-state index in [1.807, 2.05) is 11.0 Å². The number of alkyl carbamates (subject to hydrolysis) is 1. The van der Waals surface area contributed by atoms with Crippen LogP contribution in [0.15, 0.2) is 12.3 Å². The molecule has 0 saturated carbocycles. The molecule has 1 aliphatic heterocycles. The Morgan fingerprint density at radius 3 is 2.96 bits per heavy atom. The molecule has 2 aromatic rings. The van der Waals surface area contributed by atoms with Crippen LogP contribution in [0.25, 0.3) is 11.3 Å². The van der Waals surface area contributed by atoms with Crippen LogP contribution in [0.3, 0.4) is 0 Å². The molecule has 3 heterocycles. The van der Waals surface area contributed by atoms with Crippen molar-refractivity contribution in [1.82, 2.24) is 25.1 Å². The molecular weight excluding hydrogens is 334 g/mol. The van der Waals surface area contributed by atoms with E-state index in [1.54, 1.807) is 17.9 Å². The number of nitrogens with zero attached hydrogens (tertiary/aromatic N) is 5. The number of aryl methyl sites for hydroxylation is 1. The van der Waals surface area contributed by atoms with Gasteiger partial charge in [0.2, 0.25) is 5.95 Å². The molecule has 0 unspecified atom stereocenters. The summed E-state index contributed by atoms with van der Waals surface area (Å²) in [6.07, 6.45) is 1.73. The normalized spacial score (nSPS) is 17.1. The number of nitrogens with one attached hydrogen (secondary N) is 1.